The summed E-state index contributed by atoms with van der Waals surface area (Å²) in [6, 6.07) is 0. The SMILES string of the molecule is C[C@H](/C=C/[C@H](C)C(C)(C)O)[C@H]1CC[C@H]2C3=C[C@@H](O)[C@@]4(O)CC(=O)CC[C@]4(C)[C@H]3CC[C@]12C. The highest BCUT2D eigenvalue weighted by Gasteiger charge is 2.64. The fourth-order valence-electron chi connectivity index (χ4n) is 7.97. The maximum atomic E-state index is 12.2. The molecule has 180 valence electrons. The Morgan fingerprint density at radius 2 is 1.78 bits per heavy atom. The zero-order valence-electron chi connectivity index (χ0n) is 20.9. The molecular weight excluding hydrogens is 400 g/mol. The second kappa shape index (κ2) is 7.78. The lowest BCUT2D eigenvalue weighted by atomic mass is 9.45. The number of allylic oxidation sites excluding steroid dienone is 2. The Labute approximate surface area is 194 Å². The molecule has 3 fully saturated rings. The van der Waals surface area contributed by atoms with E-state index in [1.807, 2.05) is 19.9 Å². The van der Waals surface area contributed by atoms with E-state index in [-0.39, 0.29) is 29.5 Å². The van der Waals surface area contributed by atoms with E-state index in [0.717, 1.165) is 19.3 Å². The number of hydrogen-bond acceptors (Lipinski definition) is 4. The molecule has 0 spiro atoms. The summed E-state index contributed by atoms with van der Waals surface area (Å²) >= 11 is 0. The average Bonchev–Trinajstić information content (AvgIpc) is 3.05. The second-order valence-corrected chi connectivity index (χ2v) is 12.7. The van der Waals surface area contributed by atoms with Crippen molar-refractivity contribution >= 4 is 5.78 Å². The molecule has 4 nitrogen and oxygen atoms in total. The number of Topliss-reactive ketones (excluding diaryl/α,β-unsaturated/α-hetero) is 1. The Morgan fingerprint density at radius 1 is 1.09 bits per heavy atom. The molecule has 0 aromatic rings. The van der Waals surface area contributed by atoms with Gasteiger partial charge in [0.05, 0.1) is 5.60 Å². The molecule has 0 saturated heterocycles. The van der Waals surface area contributed by atoms with Crippen LogP contribution in [0.15, 0.2) is 23.8 Å². The van der Waals surface area contributed by atoms with Gasteiger partial charge in [-0.2, -0.15) is 0 Å². The minimum Gasteiger partial charge on any atom is -0.390 e. The minimum atomic E-state index is -1.33. The molecule has 0 unspecified atom stereocenters. The van der Waals surface area contributed by atoms with Gasteiger partial charge >= 0.3 is 0 Å². The Kier molecular flexibility index (Phi) is 5.88. The molecule has 4 aliphatic rings. The van der Waals surface area contributed by atoms with Crippen LogP contribution < -0.4 is 0 Å². The van der Waals surface area contributed by atoms with Crippen molar-refractivity contribution in [2.75, 3.05) is 0 Å². The zero-order valence-corrected chi connectivity index (χ0v) is 20.9. The second-order valence-electron chi connectivity index (χ2n) is 12.7. The predicted octanol–water partition coefficient (Wildman–Crippen LogP) is 4.82. The van der Waals surface area contributed by atoms with Crippen molar-refractivity contribution in [1.29, 1.82) is 0 Å². The van der Waals surface area contributed by atoms with Crippen molar-refractivity contribution in [2.24, 2.45) is 40.4 Å². The van der Waals surface area contributed by atoms with Crippen molar-refractivity contribution < 1.29 is 20.1 Å². The zero-order chi connectivity index (χ0) is 23.7. The van der Waals surface area contributed by atoms with E-state index in [4.69, 9.17) is 0 Å². The summed E-state index contributed by atoms with van der Waals surface area (Å²) in [5, 5.41) is 32.9. The highest BCUT2D eigenvalue weighted by molar-refractivity contribution is 5.81. The van der Waals surface area contributed by atoms with E-state index in [0.29, 0.717) is 30.6 Å². The van der Waals surface area contributed by atoms with E-state index in [9.17, 15) is 20.1 Å². The first-order valence-corrected chi connectivity index (χ1v) is 12.8. The highest BCUT2D eigenvalue weighted by atomic mass is 16.3. The van der Waals surface area contributed by atoms with Crippen LogP contribution in [0.25, 0.3) is 0 Å². The number of rotatable bonds is 4. The summed E-state index contributed by atoms with van der Waals surface area (Å²) in [4.78, 5) is 12.2. The Bertz CT molecular complexity index is 822. The van der Waals surface area contributed by atoms with Gasteiger partial charge in [-0.05, 0) is 75.0 Å². The molecule has 3 saturated carbocycles. The van der Waals surface area contributed by atoms with Gasteiger partial charge < -0.3 is 15.3 Å². The Balaban J connectivity index is 1.61. The number of ketones is 1. The fraction of sp³-hybridized carbons (Fsp3) is 0.821. The average molecular weight is 445 g/mol. The predicted molar refractivity (Wildman–Crippen MR) is 127 cm³/mol. The van der Waals surface area contributed by atoms with Crippen LogP contribution >= 0.6 is 0 Å². The smallest absolute Gasteiger partial charge is 0.135 e. The quantitative estimate of drug-likeness (QED) is 0.543. The van der Waals surface area contributed by atoms with Crippen molar-refractivity contribution in [3.63, 3.8) is 0 Å². The van der Waals surface area contributed by atoms with Crippen LogP contribution in [0.3, 0.4) is 0 Å². The van der Waals surface area contributed by atoms with Gasteiger partial charge in [-0.15, -0.1) is 0 Å². The number of hydrogen-bond donors (Lipinski definition) is 3. The summed E-state index contributed by atoms with van der Waals surface area (Å²) in [5.74, 6) is 1.86. The van der Waals surface area contributed by atoms with Crippen LogP contribution in [0.2, 0.25) is 0 Å². The third-order valence-corrected chi connectivity index (χ3v) is 10.6. The van der Waals surface area contributed by atoms with Gasteiger partial charge in [0.25, 0.3) is 0 Å². The van der Waals surface area contributed by atoms with E-state index in [2.05, 4.69) is 39.8 Å². The maximum absolute atomic E-state index is 12.2. The number of carbonyl (C=O) groups excluding carboxylic acids is 1. The Morgan fingerprint density at radius 3 is 2.44 bits per heavy atom. The molecule has 3 N–H and O–H groups in total. The molecule has 0 bridgehead atoms. The van der Waals surface area contributed by atoms with Crippen LogP contribution in [0, 0.1) is 40.4 Å². The normalized spacial score (nSPS) is 46.3. The summed E-state index contributed by atoms with van der Waals surface area (Å²) in [5.41, 5.74) is -0.938. The van der Waals surface area contributed by atoms with Gasteiger partial charge in [0.15, 0.2) is 0 Å². The van der Waals surface area contributed by atoms with Gasteiger partial charge in [0.1, 0.15) is 17.5 Å². The van der Waals surface area contributed by atoms with Crippen LogP contribution in [-0.2, 0) is 4.79 Å². The molecule has 0 radical (unpaired) electrons. The molecular formula is C28H44O4. The Hall–Kier alpha value is -0.970. The van der Waals surface area contributed by atoms with Gasteiger partial charge in [-0.3, -0.25) is 4.79 Å². The van der Waals surface area contributed by atoms with Crippen molar-refractivity contribution in [3.8, 4) is 0 Å². The largest absolute Gasteiger partial charge is 0.390 e. The lowest BCUT2D eigenvalue weighted by Crippen LogP contribution is -2.65. The van der Waals surface area contributed by atoms with Crippen molar-refractivity contribution in [1.82, 2.24) is 0 Å². The fourth-order valence-corrected chi connectivity index (χ4v) is 7.97. The van der Waals surface area contributed by atoms with Crippen molar-refractivity contribution in [2.45, 2.75) is 104 Å². The summed E-state index contributed by atoms with van der Waals surface area (Å²) in [6.45, 7) is 12.7. The topological polar surface area (TPSA) is 77.8 Å². The lowest BCUT2D eigenvalue weighted by Gasteiger charge is -2.61. The molecule has 0 amide bonds. The van der Waals surface area contributed by atoms with E-state index < -0.39 is 22.7 Å². The molecule has 9 atom stereocenters. The third kappa shape index (κ3) is 3.47. The van der Waals surface area contributed by atoms with Crippen LogP contribution in [0.5, 0.6) is 0 Å². The van der Waals surface area contributed by atoms with E-state index >= 15 is 0 Å². The monoisotopic (exact) mass is 444 g/mol. The molecule has 0 heterocycles. The standard InChI is InChI=1S/C28H44O4/c1-17(7-8-18(2)25(3,4)31)21-9-10-22-20-15-24(30)28(32)16-19(29)11-14-27(28,6)23(20)12-13-26(21,22)5/h7-8,15,17-18,21-24,30-32H,9-14,16H2,1-6H3/b8-7+/t17-,18+,21-,22+,23+,24-,26-,27-,28+/m1/s1. The summed E-state index contributed by atoms with van der Waals surface area (Å²) in [6.07, 6.45) is 11.2. The molecule has 4 heteroatoms. The lowest BCUT2D eigenvalue weighted by molar-refractivity contribution is -0.193. The molecule has 0 aromatic carbocycles. The van der Waals surface area contributed by atoms with Gasteiger partial charge in [-0.25, -0.2) is 0 Å². The molecule has 0 aromatic heterocycles. The minimum absolute atomic E-state index is 0.0725. The van der Waals surface area contributed by atoms with Crippen LogP contribution in [0.1, 0.15) is 86.5 Å². The van der Waals surface area contributed by atoms with Crippen molar-refractivity contribution in [3.05, 3.63) is 23.8 Å². The number of aliphatic hydroxyl groups is 3. The van der Waals surface area contributed by atoms with Gasteiger partial charge in [0, 0.05) is 24.2 Å². The van der Waals surface area contributed by atoms with E-state index in [1.165, 1.54) is 12.0 Å². The van der Waals surface area contributed by atoms with Crippen LogP contribution in [0.4, 0.5) is 0 Å². The summed E-state index contributed by atoms with van der Waals surface area (Å²) < 4.78 is 0. The highest BCUT2D eigenvalue weighted by Crippen LogP contribution is 2.67. The third-order valence-electron chi connectivity index (χ3n) is 10.6. The first kappa shape index (κ1) is 24.2. The van der Waals surface area contributed by atoms with Crippen LogP contribution in [-0.4, -0.2) is 38.4 Å². The van der Waals surface area contributed by atoms with Gasteiger partial charge in [-0.1, -0.05) is 51.5 Å². The molecule has 0 aliphatic heterocycles. The first-order valence-electron chi connectivity index (χ1n) is 12.8. The number of aliphatic hydroxyl groups excluding tert-OH is 1. The molecule has 32 heavy (non-hydrogen) atoms. The number of carbonyl (C=O) groups is 1. The maximum Gasteiger partial charge on any atom is 0.135 e. The number of fused-ring (bicyclic) bond motifs is 5. The van der Waals surface area contributed by atoms with Gasteiger partial charge in [0.2, 0.25) is 0 Å². The molecule has 4 aliphatic carbocycles. The van der Waals surface area contributed by atoms with E-state index in [1.54, 1.807) is 0 Å². The summed E-state index contributed by atoms with van der Waals surface area (Å²) in [7, 11) is 0. The molecule has 4 rings (SSSR count). The first-order chi connectivity index (χ1) is 14.7.